The lowest BCUT2D eigenvalue weighted by atomic mass is 10.1. The van der Waals surface area contributed by atoms with Gasteiger partial charge in [-0.15, -0.1) is 11.3 Å². The fourth-order valence-electron chi connectivity index (χ4n) is 1.02. The van der Waals surface area contributed by atoms with Gasteiger partial charge in [-0.2, -0.15) is 0 Å². The van der Waals surface area contributed by atoms with Gasteiger partial charge in [0, 0.05) is 15.8 Å². The lowest BCUT2D eigenvalue weighted by Gasteiger charge is -2.03. The van der Waals surface area contributed by atoms with E-state index in [0.717, 1.165) is 6.42 Å². The molecular weight excluding hydrogens is 178 g/mol. The number of hydrogen-bond donors (Lipinski definition) is 1. The van der Waals surface area contributed by atoms with E-state index in [1.165, 1.54) is 15.3 Å². The molecule has 0 aliphatic rings. The van der Waals surface area contributed by atoms with Crippen LogP contribution in [-0.2, 0) is 6.42 Å². The zero-order chi connectivity index (χ0) is 9.84. The molecule has 0 bridgehead atoms. The molecule has 1 heterocycles. The maximum absolute atomic E-state index is 5.76. The highest BCUT2D eigenvalue weighted by Crippen LogP contribution is 2.20. The normalized spacial score (nSPS) is 14.6. The zero-order valence-electron chi connectivity index (χ0n) is 8.50. The molecular formula is C11H17NS. The highest BCUT2D eigenvalue weighted by molar-refractivity contribution is 7.12. The average Bonchev–Trinajstić information content (AvgIpc) is 2.52. The molecule has 0 radical (unpaired) electrons. The zero-order valence-corrected chi connectivity index (χ0v) is 9.32. The van der Waals surface area contributed by atoms with E-state index in [2.05, 4.69) is 32.1 Å². The van der Waals surface area contributed by atoms with Crippen LogP contribution in [0.5, 0.6) is 0 Å². The van der Waals surface area contributed by atoms with E-state index in [1.54, 1.807) is 0 Å². The lowest BCUT2D eigenvalue weighted by molar-refractivity contribution is 0.868. The maximum atomic E-state index is 5.76. The van der Waals surface area contributed by atoms with Crippen molar-refractivity contribution in [3.05, 3.63) is 27.5 Å². The first-order chi connectivity index (χ1) is 6.13. The standard InChI is InChI=1S/C11H17NS/c1-4-10-5-6-11(13-10)7-8(2)9(3)12/h5-7,9H,4,12H2,1-3H3/b8-7-. The van der Waals surface area contributed by atoms with Crippen molar-refractivity contribution >= 4 is 17.4 Å². The third-order valence-electron chi connectivity index (χ3n) is 2.12. The Hall–Kier alpha value is -0.600. The average molecular weight is 195 g/mol. The monoisotopic (exact) mass is 195 g/mol. The molecule has 0 aromatic carbocycles. The first-order valence-electron chi connectivity index (χ1n) is 4.66. The van der Waals surface area contributed by atoms with Crippen LogP contribution in [0.3, 0.4) is 0 Å². The molecule has 0 spiro atoms. The van der Waals surface area contributed by atoms with Crippen LogP contribution < -0.4 is 5.73 Å². The molecule has 0 amide bonds. The third-order valence-corrected chi connectivity index (χ3v) is 3.30. The largest absolute Gasteiger partial charge is 0.324 e. The summed E-state index contributed by atoms with van der Waals surface area (Å²) in [6.45, 7) is 6.27. The molecule has 13 heavy (non-hydrogen) atoms. The van der Waals surface area contributed by atoms with Crippen LogP contribution in [0, 0.1) is 0 Å². The van der Waals surface area contributed by atoms with Crippen LogP contribution in [-0.4, -0.2) is 6.04 Å². The molecule has 0 aliphatic heterocycles. The minimum absolute atomic E-state index is 0.159. The Morgan fingerprint density at radius 3 is 2.77 bits per heavy atom. The summed E-state index contributed by atoms with van der Waals surface area (Å²) >= 11 is 1.85. The lowest BCUT2D eigenvalue weighted by Crippen LogP contribution is -2.15. The maximum Gasteiger partial charge on any atom is 0.0273 e. The third kappa shape index (κ3) is 2.98. The van der Waals surface area contributed by atoms with E-state index in [9.17, 15) is 0 Å². The predicted molar refractivity (Wildman–Crippen MR) is 61.0 cm³/mol. The Labute approximate surface area is 84.3 Å². The first kappa shape index (κ1) is 10.5. The summed E-state index contributed by atoms with van der Waals surface area (Å²) in [7, 11) is 0. The minimum atomic E-state index is 0.159. The first-order valence-corrected chi connectivity index (χ1v) is 5.47. The fourth-order valence-corrected chi connectivity index (χ4v) is 1.98. The highest BCUT2D eigenvalue weighted by Gasteiger charge is 1.99. The predicted octanol–water partition coefficient (Wildman–Crippen LogP) is 3.06. The van der Waals surface area contributed by atoms with Gasteiger partial charge in [-0.25, -0.2) is 0 Å². The molecule has 0 saturated carbocycles. The summed E-state index contributed by atoms with van der Waals surface area (Å²) < 4.78 is 0. The van der Waals surface area contributed by atoms with Gasteiger partial charge in [0.2, 0.25) is 0 Å². The van der Waals surface area contributed by atoms with Gasteiger partial charge in [-0.3, -0.25) is 0 Å². The van der Waals surface area contributed by atoms with E-state index in [-0.39, 0.29) is 6.04 Å². The molecule has 1 unspecified atom stereocenters. The van der Waals surface area contributed by atoms with Crippen molar-refractivity contribution in [2.24, 2.45) is 5.73 Å². The molecule has 72 valence electrons. The fraction of sp³-hybridized carbons (Fsp3) is 0.455. The number of thiophene rings is 1. The highest BCUT2D eigenvalue weighted by atomic mass is 32.1. The van der Waals surface area contributed by atoms with Gasteiger partial charge in [0.1, 0.15) is 0 Å². The molecule has 2 N–H and O–H groups in total. The van der Waals surface area contributed by atoms with E-state index < -0.39 is 0 Å². The summed E-state index contributed by atoms with van der Waals surface area (Å²) in [5, 5.41) is 0. The quantitative estimate of drug-likeness (QED) is 0.788. The minimum Gasteiger partial charge on any atom is -0.324 e. The van der Waals surface area contributed by atoms with E-state index >= 15 is 0 Å². The van der Waals surface area contributed by atoms with Crippen molar-refractivity contribution in [2.75, 3.05) is 0 Å². The van der Waals surface area contributed by atoms with Crippen LogP contribution in [0.2, 0.25) is 0 Å². The van der Waals surface area contributed by atoms with E-state index in [0.29, 0.717) is 0 Å². The van der Waals surface area contributed by atoms with Gasteiger partial charge in [-0.1, -0.05) is 12.5 Å². The van der Waals surface area contributed by atoms with Gasteiger partial charge >= 0.3 is 0 Å². The topological polar surface area (TPSA) is 26.0 Å². The SMILES string of the molecule is CCc1ccc(/C=C(/C)C(C)N)s1. The van der Waals surface area contributed by atoms with Crippen LogP contribution >= 0.6 is 11.3 Å². The second-order valence-corrected chi connectivity index (χ2v) is 4.53. The smallest absolute Gasteiger partial charge is 0.0273 e. The van der Waals surface area contributed by atoms with Crippen molar-refractivity contribution in [1.82, 2.24) is 0 Å². The van der Waals surface area contributed by atoms with Gasteiger partial charge in [0.15, 0.2) is 0 Å². The number of rotatable bonds is 3. The van der Waals surface area contributed by atoms with Crippen molar-refractivity contribution in [3.63, 3.8) is 0 Å². The van der Waals surface area contributed by atoms with Crippen LogP contribution in [0.4, 0.5) is 0 Å². The Kier molecular flexibility index (Phi) is 3.70. The number of nitrogens with two attached hydrogens (primary N) is 1. The molecule has 1 rings (SSSR count). The van der Waals surface area contributed by atoms with E-state index in [1.807, 2.05) is 18.3 Å². The summed E-state index contributed by atoms with van der Waals surface area (Å²) in [4.78, 5) is 2.75. The number of hydrogen-bond acceptors (Lipinski definition) is 2. The van der Waals surface area contributed by atoms with Crippen molar-refractivity contribution in [3.8, 4) is 0 Å². The Bertz CT molecular complexity index is 297. The second kappa shape index (κ2) is 4.58. The van der Waals surface area contributed by atoms with Gasteiger partial charge in [0.05, 0.1) is 0 Å². The molecule has 0 fully saturated rings. The molecule has 0 saturated heterocycles. The summed E-state index contributed by atoms with van der Waals surface area (Å²) in [6, 6.07) is 4.51. The van der Waals surface area contributed by atoms with Crippen LogP contribution in [0.1, 0.15) is 30.5 Å². The van der Waals surface area contributed by atoms with Crippen LogP contribution in [0.15, 0.2) is 17.7 Å². The van der Waals surface area contributed by atoms with Crippen LogP contribution in [0.25, 0.3) is 6.08 Å². The van der Waals surface area contributed by atoms with E-state index in [4.69, 9.17) is 5.73 Å². The molecule has 1 atom stereocenters. The van der Waals surface area contributed by atoms with Crippen molar-refractivity contribution in [2.45, 2.75) is 33.2 Å². The Morgan fingerprint density at radius 1 is 1.62 bits per heavy atom. The Balaban J connectivity index is 2.79. The molecule has 1 aromatic rings. The molecule has 1 nitrogen and oxygen atoms in total. The summed E-state index contributed by atoms with van der Waals surface area (Å²) in [5.74, 6) is 0. The van der Waals surface area contributed by atoms with Gasteiger partial charge in [0.25, 0.3) is 0 Å². The van der Waals surface area contributed by atoms with Gasteiger partial charge < -0.3 is 5.73 Å². The van der Waals surface area contributed by atoms with Crippen molar-refractivity contribution < 1.29 is 0 Å². The molecule has 1 aromatic heterocycles. The number of aryl methyl sites for hydroxylation is 1. The summed E-state index contributed by atoms with van der Waals surface area (Å²) in [6.07, 6.45) is 3.30. The Morgan fingerprint density at radius 2 is 2.31 bits per heavy atom. The molecule has 2 heteroatoms. The summed E-state index contributed by atoms with van der Waals surface area (Å²) in [5.41, 5.74) is 7.00. The van der Waals surface area contributed by atoms with Crippen molar-refractivity contribution in [1.29, 1.82) is 0 Å². The molecule has 0 aliphatic carbocycles. The second-order valence-electron chi connectivity index (χ2n) is 3.33. The van der Waals surface area contributed by atoms with Gasteiger partial charge in [-0.05, 0) is 38.5 Å².